The van der Waals surface area contributed by atoms with E-state index in [1.54, 1.807) is 0 Å². The number of nitrogens with zero attached hydrogens (tertiary/aromatic N) is 2. The van der Waals surface area contributed by atoms with Crippen LogP contribution in [0.2, 0.25) is 0 Å². The Kier molecular flexibility index (Phi) is 5.89. The maximum atomic E-state index is 12.2. The third kappa shape index (κ3) is 4.02. The number of fused-ring (bicyclic) bond motifs is 1. The summed E-state index contributed by atoms with van der Waals surface area (Å²) in [7, 11) is 4.55. The van der Waals surface area contributed by atoms with Gasteiger partial charge in [-0.2, -0.15) is 0 Å². The first-order chi connectivity index (χ1) is 10.4. The lowest BCUT2D eigenvalue weighted by Crippen LogP contribution is -2.61. The van der Waals surface area contributed by atoms with Crippen molar-refractivity contribution in [3.8, 4) is 0 Å². The van der Waals surface area contributed by atoms with E-state index in [9.17, 15) is 4.79 Å². The van der Waals surface area contributed by atoms with E-state index in [0.717, 1.165) is 17.6 Å². The Morgan fingerprint density at radius 1 is 1.14 bits per heavy atom. The standard InChI is InChI=1S/C18H36N2O2/c1-5-19(3,6-2)14-18(21)22-15-16-10-9-13-20(4)12-8-7-11-17(16)20/h16-17H,5-15H2,1-4H3/q+2/t16-,17-,20?/m1/s1. The average molecular weight is 312 g/mol. The maximum absolute atomic E-state index is 12.2. The Bertz CT molecular complexity index is 377. The van der Waals surface area contributed by atoms with Gasteiger partial charge in [-0.1, -0.05) is 0 Å². The van der Waals surface area contributed by atoms with Gasteiger partial charge in [0, 0.05) is 12.3 Å². The molecule has 2 rings (SSSR count). The van der Waals surface area contributed by atoms with Crippen molar-refractivity contribution in [2.45, 2.75) is 52.0 Å². The van der Waals surface area contributed by atoms with Crippen LogP contribution in [0, 0.1) is 5.92 Å². The van der Waals surface area contributed by atoms with Crippen LogP contribution in [-0.4, -0.2) is 74.4 Å². The van der Waals surface area contributed by atoms with Gasteiger partial charge < -0.3 is 13.7 Å². The van der Waals surface area contributed by atoms with Gasteiger partial charge in [0.2, 0.25) is 0 Å². The Balaban J connectivity index is 1.86. The van der Waals surface area contributed by atoms with E-state index in [1.165, 1.54) is 49.7 Å². The van der Waals surface area contributed by atoms with Crippen molar-refractivity contribution in [3.63, 3.8) is 0 Å². The summed E-state index contributed by atoms with van der Waals surface area (Å²) in [5.41, 5.74) is 0. The molecule has 2 aliphatic heterocycles. The zero-order chi connectivity index (χ0) is 16.2. The first-order valence-electron chi connectivity index (χ1n) is 9.26. The smallest absolute Gasteiger partial charge is 0.361 e. The van der Waals surface area contributed by atoms with E-state index in [2.05, 4.69) is 27.9 Å². The molecule has 2 fully saturated rings. The molecular weight excluding hydrogens is 276 g/mol. The molecule has 0 N–H and O–H groups in total. The quantitative estimate of drug-likeness (QED) is 0.556. The van der Waals surface area contributed by atoms with E-state index in [1.807, 2.05) is 0 Å². The number of hydrogen-bond donors (Lipinski definition) is 0. The molecule has 128 valence electrons. The molecule has 4 nitrogen and oxygen atoms in total. The van der Waals surface area contributed by atoms with Crippen molar-refractivity contribution in [2.24, 2.45) is 5.92 Å². The van der Waals surface area contributed by atoms with Crippen molar-refractivity contribution < 1.29 is 18.5 Å². The Hall–Kier alpha value is -0.610. The third-order valence-electron chi connectivity index (χ3n) is 6.50. The molecule has 0 bridgehead atoms. The number of piperidine rings is 2. The number of rotatable bonds is 6. The van der Waals surface area contributed by atoms with Crippen molar-refractivity contribution in [1.29, 1.82) is 0 Å². The minimum absolute atomic E-state index is 0.0122. The predicted molar refractivity (Wildman–Crippen MR) is 89.4 cm³/mol. The maximum Gasteiger partial charge on any atom is 0.361 e. The minimum Gasteiger partial charge on any atom is -0.461 e. The SMILES string of the molecule is CC[N+](C)(CC)CC(=O)OC[C@H]1CCC[N+]2(C)CCCC[C@H]12. The van der Waals surface area contributed by atoms with Crippen LogP contribution < -0.4 is 0 Å². The lowest BCUT2D eigenvalue weighted by molar-refractivity contribution is -0.947. The number of quaternary nitrogens is 2. The second-order valence-corrected chi connectivity index (χ2v) is 7.99. The Morgan fingerprint density at radius 3 is 2.50 bits per heavy atom. The highest BCUT2D eigenvalue weighted by atomic mass is 16.5. The molecule has 0 radical (unpaired) electrons. The van der Waals surface area contributed by atoms with Crippen molar-refractivity contribution >= 4 is 5.97 Å². The van der Waals surface area contributed by atoms with Crippen LogP contribution in [0.15, 0.2) is 0 Å². The predicted octanol–water partition coefficient (Wildman–Crippen LogP) is 2.43. The molecule has 22 heavy (non-hydrogen) atoms. The molecule has 0 aromatic carbocycles. The molecule has 2 saturated heterocycles. The molecule has 1 unspecified atom stereocenters. The molecule has 0 amide bonds. The zero-order valence-electron chi connectivity index (χ0n) is 15.1. The van der Waals surface area contributed by atoms with Gasteiger partial charge in [0.05, 0.1) is 52.9 Å². The van der Waals surface area contributed by atoms with Gasteiger partial charge in [0.25, 0.3) is 0 Å². The van der Waals surface area contributed by atoms with Gasteiger partial charge in [0.1, 0.15) is 0 Å². The van der Waals surface area contributed by atoms with E-state index < -0.39 is 0 Å². The van der Waals surface area contributed by atoms with Crippen molar-refractivity contribution in [3.05, 3.63) is 0 Å². The van der Waals surface area contributed by atoms with Gasteiger partial charge in [0.15, 0.2) is 6.54 Å². The van der Waals surface area contributed by atoms with Gasteiger partial charge >= 0.3 is 5.97 Å². The second kappa shape index (κ2) is 7.31. The van der Waals surface area contributed by atoms with Crippen LogP contribution >= 0.6 is 0 Å². The number of likely N-dealkylation sites (N-methyl/N-ethyl adjacent to an activating group) is 1. The molecule has 2 aliphatic rings. The van der Waals surface area contributed by atoms with E-state index in [4.69, 9.17) is 4.74 Å². The van der Waals surface area contributed by atoms with Gasteiger partial charge in [-0.25, -0.2) is 4.79 Å². The van der Waals surface area contributed by atoms with E-state index in [0.29, 0.717) is 25.1 Å². The summed E-state index contributed by atoms with van der Waals surface area (Å²) in [6.45, 7) is 10.0. The fourth-order valence-corrected chi connectivity index (χ4v) is 4.43. The molecule has 0 saturated carbocycles. The zero-order valence-corrected chi connectivity index (χ0v) is 15.1. The normalized spacial score (nSPS) is 32.4. The molecule has 0 aromatic rings. The highest BCUT2D eigenvalue weighted by molar-refractivity contribution is 5.70. The monoisotopic (exact) mass is 312 g/mol. The third-order valence-corrected chi connectivity index (χ3v) is 6.50. The van der Waals surface area contributed by atoms with Crippen LogP contribution in [0.25, 0.3) is 0 Å². The minimum atomic E-state index is -0.0122. The molecule has 4 heteroatoms. The Morgan fingerprint density at radius 2 is 1.82 bits per heavy atom. The first kappa shape index (κ1) is 17.7. The molecule has 0 aromatic heterocycles. The molecule has 2 heterocycles. The highest BCUT2D eigenvalue weighted by Crippen LogP contribution is 2.36. The summed E-state index contributed by atoms with van der Waals surface area (Å²) in [5.74, 6) is 0.562. The largest absolute Gasteiger partial charge is 0.461 e. The molecule has 3 atom stereocenters. The van der Waals surface area contributed by atoms with Crippen LogP contribution in [-0.2, 0) is 9.53 Å². The summed E-state index contributed by atoms with van der Waals surface area (Å²) < 4.78 is 7.71. The van der Waals surface area contributed by atoms with Crippen LogP contribution in [0.4, 0.5) is 0 Å². The first-order valence-corrected chi connectivity index (χ1v) is 9.26. The Labute approximate surface area is 136 Å². The van der Waals surface area contributed by atoms with Crippen LogP contribution in [0.1, 0.15) is 46.0 Å². The lowest BCUT2D eigenvalue weighted by atomic mass is 9.82. The molecular formula is C18H36N2O2+2. The number of esters is 1. The summed E-state index contributed by atoms with van der Waals surface area (Å²) >= 11 is 0. The number of carbonyl (C=O) groups is 1. The number of carbonyl (C=O) groups excluding carboxylic acids is 1. The van der Waals surface area contributed by atoms with E-state index in [-0.39, 0.29) is 5.97 Å². The van der Waals surface area contributed by atoms with Gasteiger partial charge in [-0.3, -0.25) is 0 Å². The lowest BCUT2D eigenvalue weighted by Gasteiger charge is -2.51. The fourth-order valence-electron chi connectivity index (χ4n) is 4.43. The summed E-state index contributed by atoms with van der Waals surface area (Å²) in [6.07, 6.45) is 6.55. The van der Waals surface area contributed by atoms with Crippen molar-refractivity contribution in [1.82, 2.24) is 0 Å². The van der Waals surface area contributed by atoms with Crippen LogP contribution in [0.3, 0.4) is 0 Å². The summed E-state index contributed by atoms with van der Waals surface area (Å²) in [4.78, 5) is 12.2. The topological polar surface area (TPSA) is 26.3 Å². The molecule has 0 spiro atoms. The van der Waals surface area contributed by atoms with Gasteiger partial charge in [-0.05, 0) is 39.5 Å². The van der Waals surface area contributed by atoms with Crippen LogP contribution in [0.5, 0.6) is 0 Å². The number of hydrogen-bond acceptors (Lipinski definition) is 2. The summed E-state index contributed by atoms with van der Waals surface area (Å²) in [6, 6.07) is 0.716. The highest BCUT2D eigenvalue weighted by Gasteiger charge is 2.44. The van der Waals surface area contributed by atoms with Crippen molar-refractivity contribution in [2.75, 3.05) is 53.4 Å². The molecule has 0 aliphatic carbocycles. The second-order valence-electron chi connectivity index (χ2n) is 7.99. The van der Waals surface area contributed by atoms with E-state index >= 15 is 0 Å². The summed E-state index contributed by atoms with van der Waals surface area (Å²) in [5, 5.41) is 0. The fraction of sp³-hybridized carbons (Fsp3) is 0.944. The average Bonchev–Trinajstić information content (AvgIpc) is 2.52. The number of ether oxygens (including phenoxy) is 1. The van der Waals surface area contributed by atoms with Gasteiger partial charge in [-0.15, -0.1) is 0 Å².